The topological polar surface area (TPSA) is 69.3 Å². The molecule has 2 aromatic carbocycles. The number of anilines is 1. The third kappa shape index (κ3) is 4.35. The van der Waals surface area contributed by atoms with Gasteiger partial charge in [0, 0.05) is 6.07 Å². The summed E-state index contributed by atoms with van der Waals surface area (Å²) >= 11 is 0. The lowest BCUT2D eigenvalue weighted by molar-refractivity contribution is 0.0992. The molecule has 0 saturated heterocycles. The van der Waals surface area contributed by atoms with Crippen molar-refractivity contribution in [1.29, 1.82) is 0 Å². The van der Waals surface area contributed by atoms with E-state index in [1.54, 1.807) is 30.3 Å². The zero-order valence-corrected chi connectivity index (χ0v) is 15.6. The fourth-order valence-corrected chi connectivity index (χ4v) is 2.79. The zero-order chi connectivity index (χ0) is 20.2. The summed E-state index contributed by atoms with van der Waals surface area (Å²) in [5, 5.41) is 7.14. The van der Waals surface area contributed by atoms with Crippen molar-refractivity contribution in [2.75, 3.05) is 5.32 Å². The van der Waals surface area contributed by atoms with Crippen LogP contribution in [0.15, 0.2) is 77.2 Å². The summed E-state index contributed by atoms with van der Waals surface area (Å²) in [6.07, 6.45) is 0. The molecule has 0 aliphatic heterocycles. The molecule has 7 heteroatoms. The fraction of sp³-hybridized carbons (Fsp3) is 0.0909. The van der Waals surface area contributed by atoms with Crippen molar-refractivity contribution in [2.24, 2.45) is 0 Å². The molecule has 0 radical (unpaired) electrons. The lowest BCUT2D eigenvalue weighted by atomic mass is 10.3. The van der Waals surface area contributed by atoms with Crippen molar-refractivity contribution in [1.82, 2.24) is 9.78 Å². The van der Waals surface area contributed by atoms with Gasteiger partial charge in [0.05, 0.1) is 11.4 Å². The Kier molecular flexibility index (Phi) is 5.11. The van der Waals surface area contributed by atoms with E-state index in [0.29, 0.717) is 28.7 Å². The molecule has 2 heterocycles. The van der Waals surface area contributed by atoms with Crippen LogP contribution in [0.25, 0.3) is 5.69 Å². The van der Waals surface area contributed by atoms with Crippen LogP contribution in [0.1, 0.15) is 22.0 Å². The monoisotopic (exact) mass is 391 g/mol. The molecular weight excluding hydrogens is 373 g/mol. The number of ether oxygens (including phenoxy) is 1. The van der Waals surface area contributed by atoms with E-state index < -0.39 is 5.91 Å². The standard InChI is InChI=1S/C22H18FN3O3/c1-15-13-21(26(25-15)17-9-7-16(23)8-10-17)24-22(27)20-12-11-19(29-20)14-28-18-5-3-2-4-6-18/h2-13H,14H2,1H3,(H,24,27). The Hall–Kier alpha value is -3.87. The summed E-state index contributed by atoms with van der Waals surface area (Å²) < 4.78 is 25.9. The Morgan fingerprint density at radius 3 is 2.62 bits per heavy atom. The second-order valence-corrected chi connectivity index (χ2v) is 6.38. The van der Waals surface area contributed by atoms with E-state index in [1.165, 1.54) is 16.8 Å². The van der Waals surface area contributed by atoms with Crippen LogP contribution in [-0.2, 0) is 6.61 Å². The molecule has 0 aliphatic carbocycles. The summed E-state index contributed by atoms with van der Waals surface area (Å²) in [6.45, 7) is 2.02. The Morgan fingerprint density at radius 1 is 1.10 bits per heavy atom. The van der Waals surface area contributed by atoms with Crippen LogP contribution in [0.3, 0.4) is 0 Å². The van der Waals surface area contributed by atoms with E-state index in [1.807, 2.05) is 37.3 Å². The molecule has 0 aliphatic rings. The number of nitrogens with zero attached hydrogens (tertiary/aromatic N) is 2. The van der Waals surface area contributed by atoms with Crippen molar-refractivity contribution >= 4 is 11.7 Å². The third-order valence-corrected chi connectivity index (χ3v) is 4.15. The van der Waals surface area contributed by atoms with Gasteiger partial charge in [0.2, 0.25) is 0 Å². The highest BCUT2D eigenvalue weighted by atomic mass is 19.1. The number of aromatic nitrogens is 2. The quantitative estimate of drug-likeness (QED) is 0.515. The molecule has 0 spiro atoms. The minimum Gasteiger partial charge on any atom is -0.486 e. The van der Waals surface area contributed by atoms with Crippen molar-refractivity contribution in [3.63, 3.8) is 0 Å². The van der Waals surface area contributed by atoms with Crippen LogP contribution >= 0.6 is 0 Å². The minimum atomic E-state index is -0.417. The predicted molar refractivity (Wildman–Crippen MR) is 106 cm³/mol. The lowest BCUT2D eigenvalue weighted by Crippen LogP contribution is -2.14. The largest absolute Gasteiger partial charge is 0.486 e. The average Bonchev–Trinajstić information content (AvgIpc) is 3.34. The first-order valence-corrected chi connectivity index (χ1v) is 8.99. The first-order chi connectivity index (χ1) is 14.1. The Bertz CT molecular complexity index is 1120. The van der Waals surface area contributed by atoms with E-state index in [0.717, 1.165) is 0 Å². The average molecular weight is 391 g/mol. The summed E-state index contributed by atoms with van der Waals surface area (Å²) in [6, 6.07) is 20.2. The molecule has 146 valence electrons. The highest BCUT2D eigenvalue weighted by Crippen LogP contribution is 2.19. The molecule has 6 nitrogen and oxygen atoms in total. The van der Waals surface area contributed by atoms with Crippen molar-refractivity contribution in [2.45, 2.75) is 13.5 Å². The number of aryl methyl sites for hydroxylation is 1. The number of hydrogen-bond donors (Lipinski definition) is 1. The van der Waals surface area contributed by atoms with Gasteiger partial charge in [-0.1, -0.05) is 18.2 Å². The molecule has 0 unspecified atom stereocenters. The van der Waals surface area contributed by atoms with E-state index >= 15 is 0 Å². The number of benzene rings is 2. The number of amides is 1. The van der Waals surface area contributed by atoms with E-state index in [2.05, 4.69) is 10.4 Å². The minimum absolute atomic E-state index is 0.154. The van der Waals surface area contributed by atoms with Crippen LogP contribution in [0.4, 0.5) is 10.2 Å². The Balaban J connectivity index is 1.46. The van der Waals surface area contributed by atoms with Gasteiger partial charge in [-0.15, -0.1) is 0 Å². The molecule has 1 N–H and O–H groups in total. The maximum atomic E-state index is 13.2. The fourth-order valence-electron chi connectivity index (χ4n) is 2.79. The number of carbonyl (C=O) groups excluding carboxylic acids is 1. The van der Waals surface area contributed by atoms with E-state index in [9.17, 15) is 9.18 Å². The third-order valence-electron chi connectivity index (χ3n) is 4.15. The number of hydrogen-bond acceptors (Lipinski definition) is 4. The highest BCUT2D eigenvalue weighted by molar-refractivity contribution is 6.02. The molecule has 0 atom stereocenters. The van der Waals surface area contributed by atoms with Crippen LogP contribution in [0, 0.1) is 12.7 Å². The summed E-state index contributed by atoms with van der Waals surface area (Å²) in [5.74, 6) is 1.10. The molecule has 29 heavy (non-hydrogen) atoms. The zero-order valence-electron chi connectivity index (χ0n) is 15.6. The van der Waals surface area contributed by atoms with Crippen LogP contribution < -0.4 is 10.1 Å². The van der Waals surface area contributed by atoms with Gasteiger partial charge in [-0.05, 0) is 55.5 Å². The van der Waals surface area contributed by atoms with Gasteiger partial charge >= 0.3 is 0 Å². The van der Waals surface area contributed by atoms with E-state index in [4.69, 9.17) is 9.15 Å². The lowest BCUT2D eigenvalue weighted by Gasteiger charge is -2.08. The molecule has 2 aromatic heterocycles. The maximum Gasteiger partial charge on any atom is 0.292 e. The number of rotatable bonds is 6. The van der Waals surface area contributed by atoms with Crippen molar-refractivity contribution in [3.05, 3.63) is 95.8 Å². The second-order valence-electron chi connectivity index (χ2n) is 6.38. The van der Waals surface area contributed by atoms with Gasteiger partial charge in [0.15, 0.2) is 5.76 Å². The van der Waals surface area contributed by atoms with Gasteiger partial charge in [0.25, 0.3) is 5.91 Å². The molecule has 0 saturated carbocycles. The first-order valence-electron chi connectivity index (χ1n) is 8.99. The summed E-state index contributed by atoms with van der Waals surface area (Å²) in [7, 11) is 0. The van der Waals surface area contributed by atoms with Crippen molar-refractivity contribution < 1.29 is 18.3 Å². The Morgan fingerprint density at radius 2 is 1.86 bits per heavy atom. The first kappa shape index (κ1) is 18.5. The van der Waals surface area contributed by atoms with Gasteiger partial charge < -0.3 is 14.5 Å². The summed E-state index contributed by atoms with van der Waals surface area (Å²) in [4.78, 5) is 12.6. The second kappa shape index (κ2) is 8.02. The predicted octanol–water partition coefficient (Wildman–Crippen LogP) is 4.74. The van der Waals surface area contributed by atoms with Crippen molar-refractivity contribution in [3.8, 4) is 11.4 Å². The number of furan rings is 1. The van der Waals surface area contributed by atoms with E-state index in [-0.39, 0.29) is 18.2 Å². The van der Waals surface area contributed by atoms with Gasteiger partial charge in [-0.3, -0.25) is 4.79 Å². The summed E-state index contributed by atoms with van der Waals surface area (Å²) in [5.41, 5.74) is 1.34. The Labute approximate surface area is 166 Å². The van der Waals surface area contributed by atoms with Gasteiger partial charge in [0.1, 0.15) is 29.8 Å². The molecule has 0 bridgehead atoms. The van der Waals surface area contributed by atoms with Crippen LogP contribution in [0.5, 0.6) is 5.75 Å². The smallest absolute Gasteiger partial charge is 0.292 e. The van der Waals surface area contributed by atoms with Gasteiger partial charge in [-0.25, -0.2) is 9.07 Å². The molecule has 4 aromatic rings. The molecular formula is C22H18FN3O3. The molecule has 4 rings (SSSR count). The van der Waals surface area contributed by atoms with Crippen LogP contribution in [0.2, 0.25) is 0 Å². The molecule has 0 fully saturated rings. The normalized spacial score (nSPS) is 10.7. The highest BCUT2D eigenvalue weighted by Gasteiger charge is 2.16. The van der Waals surface area contributed by atoms with Crippen LogP contribution in [-0.4, -0.2) is 15.7 Å². The molecule has 1 amide bonds. The van der Waals surface area contributed by atoms with Gasteiger partial charge in [-0.2, -0.15) is 5.10 Å². The SMILES string of the molecule is Cc1cc(NC(=O)c2ccc(COc3ccccc3)o2)n(-c2ccc(F)cc2)n1. The number of halogens is 1. The number of para-hydroxylation sites is 1. The maximum absolute atomic E-state index is 13.2. The number of nitrogens with one attached hydrogen (secondary N) is 1. The number of carbonyl (C=O) groups is 1.